The third kappa shape index (κ3) is 4.85. The van der Waals surface area contributed by atoms with Crippen LogP contribution in [0, 0.1) is 5.92 Å². The molecule has 1 unspecified atom stereocenters. The van der Waals surface area contributed by atoms with Gasteiger partial charge in [0.15, 0.2) is 0 Å². The molecule has 4 rings (SSSR count). The minimum absolute atomic E-state index is 0.103. The number of pyridine rings is 1. The summed E-state index contributed by atoms with van der Waals surface area (Å²) in [4.78, 5) is 20.0. The smallest absolute Gasteiger partial charge is 0.255 e. The highest BCUT2D eigenvalue weighted by Gasteiger charge is 2.31. The molecule has 162 valence electrons. The van der Waals surface area contributed by atoms with Crippen molar-refractivity contribution in [1.82, 2.24) is 25.0 Å². The standard InChI is InChI=1S/C25H31N5O/c1-19-9-8-14-29(16-19)25(2,3)18-27-24(31)22-17-30(21-11-5-4-6-12-21)28-23(22)20-10-7-13-26-15-20/h4-7,10-13,15,17,19H,8-9,14,16,18H2,1-3H3,(H,27,31). The van der Waals surface area contributed by atoms with Gasteiger partial charge in [-0.15, -0.1) is 0 Å². The van der Waals surface area contributed by atoms with Crippen LogP contribution < -0.4 is 5.32 Å². The Morgan fingerprint density at radius 2 is 2.00 bits per heavy atom. The first-order valence-corrected chi connectivity index (χ1v) is 11.0. The lowest BCUT2D eigenvalue weighted by molar-refractivity contribution is 0.0657. The van der Waals surface area contributed by atoms with Crippen LogP contribution in [0.4, 0.5) is 0 Å². The number of amides is 1. The fourth-order valence-electron chi connectivity index (χ4n) is 4.21. The van der Waals surface area contributed by atoms with Crippen molar-refractivity contribution < 1.29 is 4.79 Å². The molecular weight excluding hydrogens is 386 g/mol. The van der Waals surface area contributed by atoms with E-state index in [0.717, 1.165) is 24.3 Å². The second-order valence-corrected chi connectivity index (χ2v) is 9.10. The number of rotatable bonds is 6. The average molecular weight is 418 g/mol. The molecule has 0 radical (unpaired) electrons. The van der Waals surface area contributed by atoms with Crippen molar-refractivity contribution in [1.29, 1.82) is 0 Å². The maximum Gasteiger partial charge on any atom is 0.255 e. The van der Waals surface area contributed by atoms with Gasteiger partial charge >= 0.3 is 0 Å². The Morgan fingerprint density at radius 3 is 2.71 bits per heavy atom. The van der Waals surface area contributed by atoms with Gasteiger partial charge in [-0.05, 0) is 63.4 Å². The Kier molecular flexibility index (Phi) is 6.18. The average Bonchev–Trinajstić information content (AvgIpc) is 3.24. The molecule has 1 N–H and O–H groups in total. The van der Waals surface area contributed by atoms with E-state index in [9.17, 15) is 4.79 Å². The number of para-hydroxylation sites is 1. The van der Waals surface area contributed by atoms with Crippen LogP contribution in [0.5, 0.6) is 0 Å². The summed E-state index contributed by atoms with van der Waals surface area (Å²) in [6.45, 7) is 9.47. The van der Waals surface area contributed by atoms with E-state index in [0.29, 0.717) is 23.7 Å². The zero-order valence-electron chi connectivity index (χ0n) is 18.6. The van der Waals surface area contributed by atoms with Crippen LogP contribution in [0.2, 0.25) is 0 Å². The number of nitrogens with one attached hydrogen (secondary N) is 1. The predicted molar refractivity (Wildman–Crippen MR) is 123 cm³/mol. The quantitative estimate of drug-likeness (QED) is 0.654. The maximum atomic E-state index is 13.3. The van der Waals surface area contributed by atoms with Crippen LogP contribution in [0.3, 0.4) is 0 Å². The van der Waals surface area contributed by atoms with Crippen molar-refractivity contribution in [2.24, 2.45) is 5.92 Å². The van der Waals surface area contributed by atoms with Crippen molar-refractivity contribution >= 4 is 5.91 Å². The number of benzene rings is 1. The number of hydrogen-bond acceptors (Lipinski definition) is 4. The minimum atomic E-state index is -0.112. The molecule has 1 aromatic carbocycles. The number of carbonyl (C=O) groups excluding carboxylic acids is 1. The van der Waals surface area contributed by atoms with Gasteiger partial charge in [0, 0.05) is 42.8 Å². The number of likely N-dealkylation sites (tertiary alicyclic amines) is 1. The number of nitrogens with zero attached hydrogens (tertiary/aromatic N) is 4. The molecule has 1 fully saturated rings. The highest BCUT2D eigenvalue weighted by atomic mass is 16.1. The van der Waals surface area contributed by atoms with E-state index in [1.54, 1.807) is 17.1 Å². The van der Waals surface area contributed by atoms with Gasteiger partial charge in [-0.2, -0.15) is 5.10 Å². The molecule has 0 spiro atoms. The zero-order chi connectivity index (χ0) is 21.8. The third-order valence-corrected chi connectivity index (χ3v) is 6.11. The van der Waals surface area contributed by atoms with Gasteiger partial charge in [0.25, 0.3) is 5.91 Å². The Morgan fingerprint density at radius 1 is 1.19 bits per heavy atom. The van der Waals surface area contributed by atoms with Crippen molar-refractivity contribution in [3.63, 3.8) is 0 Å². The number of carbonyl (C=O) groups is 1. The molecule has 3 heterocycles. The van der Waals surface area contributed by atoms with Crippen LogP contribution in [0.1, 0.15) is 44.0 Å². The Hall–Kier alpha value is -2.99. The topological polar surface area (TPSA) is 63.1 Å². The van der Waals surface area contributed by atoms with Crippen LogP contribution in [0.25, 0.3) is 16.9 Å². The van der Waals surface area contributed by atoms with Crippen molar-refractivity contribution in [2.75, 3.05) is 19.6 Å². The molecule has 2 aromatic heterocycles. The van der Waals surface area contributed by atoms with Gasteiger partial charge in [-0.25, -0.2) is 4.68 Å². The van der Waals surface area contributed by atoms with E-state index in [1.165, 1.54) is 12.8 Å². The van der Waals surface area contributed by atoms with Gasteiger partial charge in [-0.3, -0.25) is 14.7 Å². The van der Waals surface area contributed by atoms with Crippen molar-refractivity contribution in [2.45, 2.75) is 39.2 Å². The predicted octanol–water partition coefficient (Wildman–Crippen LogP) is 4.17. The van der Waals surface area contributed by atoms with Crippen molar-refractivity contribution in [3.8, 4) is 16.9 Å². The van der Waals surface area contributed by atoms with Gasteiger partial charge < -0.3 is 5.32 Å². The van der Waals surface area contributed by atoms with Gasteiger partial charge in [0.2, 0.25) is 0 Å². The van der Waals surface area contributed by atoms with Crippen LogP contribution in [-0.4, -0.2) is 50.7 Å². The zero-order valence-corrected chi connectivity index (χ0v) is 18.6. The highest BCUT2D eigenvalue weighted by Crippen LogP contribution is 2.25. The SMILES string of the molecule is CC1CCCN(C(C)(C)CNC(=O)c2cn(-c3ccccc3)nc2-c2cccnc2)C1. The fourth-order valence-corrected chi connectivity index (χ4v) is 4.21. The molecule has 31 heavy (non-hydrogen) atoms. The summed E-state index contributed by atoms with van der Waals surface area (Å²) in [6.07, 6.45) is 7.77. The normalized spacial score (nSPS) is 17.5. The summed E-state index contributed by atoms with van der Waals surface area (Å²) in [5.41, 5.74) is 2.83. The van der Waals surface area contributed by atoms with Gasteiger partial charge in [0.05, 0.1) is 11.3 Å². The molecule has 0 bridgehead atoms. The van der Waals surface area contributed by atoms with Crippen molar-refractivity contribution in [3.05, 3.63) is 66.6 Å². The molecule has 0 aliphatic carbocycles. The summed E-state index contributed by atoms with van der Waals surface area (Å²) < 4.78 is 1.76. The first-order valence-electron chi connectivity index (χ1n) is 11.0. The molecule has 6 heteroatoms. The second kappa shape index (κ2) is 9.02. The minimum Gasteiger partial charge on any atom is -0.350 e. The number of aromatic nitrogens is 3. The monoisotopic (exact) mass is 417 g/mol. The Bertz CT molecular complexity index is 1010. The summed E-state index contributed by atoms with van der Waals surface area (Å²) >= 11 is 0. The van der Waals surface area contributed by atoms with Crippen LogP contribution >= 0.6 is 0 Å². The molecule has 6 nitrogen and oxygen atoms in total. The van der Waals surface area contributed by atoms with E-state index >= 15 is 0 Å². The first kappa shape index (κ1) is 21.2. The summed E-state index contributed by atoms with van der Waals surface area (Å²) in [5.74, 6) is 0.587. The number of hydrogen-bond donors (Lipinski definition) is 1. The Labute approximate surface area is 184 Å². The Balaban J connectivity index is 1.57. The van der Waals surface area contributed by atoms with Crippen LogP contribution in [0.15, 0.2) is 61.1 Å². The molecule has 1 saturated heterocycles. The van der Waals surface area contributed by atoms with Crippen LogP contribution in [-0.2, 0) is 0 Å². The number of piperidine rings is 1. The molecule has 3 aromatic rings. The fraction of sp³-hybridized carbons (Fsp3) is 0.400. The summed E-state index contributed by atoms with van der Waals surface area (Å²) in [6, 6.07) is 13.6. The highest BCUT2D eigenvalue weighted by molar-refractivity contribution is 5.99. The molecule has 0 saturated carbocycles. The molecule has 1 atom stereocenters. The van der Waals surface area contributed by atoms with E-state index in [4.69, 9.17) is 5.10 Å². The van der Waals surface area contributed by atoms with E-state index in [-0.39, 0.29) is 11.4 Å². The lowest BCUT2D eigenvalue weighted by Crippen LogP contribution is -2.54. The molecule has 1 amide bonds. The third-order valence-electron chi connectivity index (χ3n) is 6.11. The van der Waals surface area contributed by atoms with E-state index in [2.05, 4.69) is 36.0 Å². The second-order valence-electron chi connectivity index (χ2n) is 9.10. The molecule has 1 aliphatic heterocycles. The maximum absolute atomic E-state index is 13.3. The summed E-state index contributed by atoms with van der Waals surface area (Å²) in [7, 11) is 0. The van der Waals surface area contributed by atoms with E-state index < -0.39 is 0 Å². The summed E-state index contributed by atoms with van der Waals surface area (Å²) in [5, 5.41) is 7.89. The molecule has 1 aliphatic rings. The van der Waals surface area contributed by atoms with Gasteiger partial charge in [-0.1, -0.05) is 25.1 Å². The first-order chi connectivity index (χ1) is 14.9. The lowest BCUT2D eigenvalue weighted by Gasteiger charge is -2.43. The molecular formula is C25H31N5O. The van der Waals surface area contributed by atoms with Gasteiger partial charge in [0.1, 0.15) is 5.69 Å². The lowest BCUT2D eigenvalue weighted by atomic mass is 9.93. The van der Waals surface area contributed by atoms with E-state index in [1.807, 2.05) is 48.7 Å². The largest absolute Gasteiger partial charge is 0.350 e.